The van der Waals surface area contributed by atoms with Crippen molar-refractivity contribution in [2.75, 3.05) is 6.54 Å². The van der Waals surface area contributed by atoms with Crippen LogP contribution in [-0.4, -0.2) is 175 Å². The van der Waals surface area contributed by atoms with Crippen LogP contribution in [0, 0.1) is 17.8 Å². The number of carboxylic acids is 2. The first-order chi connectivity index (χ1) is 41.9. The molecule has 0 spiro atoms. The number of aromatic nitrogens is 2. The summed E-state index contributed by atoms with van der Waals surface area (Å²) in [6.45, 7) is 10.9. The molecule has 0 radical (unpaired) electrons. The summed E-state index contributed by atoms with van der Waals surface area (Å²) in [4.78, 5) is 173. The number of benzene rings is 2. The zero-order valence-corrected chi connectivity index (χ0v) is 50.8. The topological polar surface area (TPSA) is 519 Å². The molecule has 0 aliphatic rings. The molecular formula is C58H86N16O15. The summed E-state index contributed by atoms with van der Waals surface area (Å²) in [7, 11) is 0. The van der Waals surface area contributed by atoms with Gasteiger partial charge in [0.05, 0.1) is 25.3 Å². The van der Waals surface area contributed by atoms with E-state index >= 15 is 0 Å². The fourth-order valence-electron chi connectivity index (χ4n) is 8.88. The maximum Gasteiger partial charge on any atom is 0.305 e. The van der Waals surface area contributed by atoms with E-state index in [9.17, 15) is 72.9 Å². The van der Waals surface area contributed by atoms with E-state index in [4.69, 9.17) is 22.9 Å². The van der Waals surface area contributed by atoms with Gasteiger partial charge in [0.25, 0.3) is 0 Å². The molecule has 0 saturated heterocycles. The smallest absolute Gasteiger partial charge is 0.305 e. The predicted octanol–water partition coefficient (Wildman–Crippen LogP) is -3.64. The van der Waals surface area contributed by atoms with E-state index < -0.39 is 162 Å². The second kappa shape index (κ2) is 36.6. The number of rotatable bonds is 38. The molecule has 1 aromatic heterocycles. The van der Waals surface area contributed by atoms with Crippen molar-refractivity contribution < 1.29 is 72.9 Å². The van der Waals surface area contributed by atoms with Crippen LogP contribution in [0.2, 0.25) is 0 Å². The van der Waals surface area contributed by atoms with Gasteiger partial charge in [-0.25, -0.2) is 4.98 Å². The molecule has 0 unspecified atom stereocenters. The Balaban J connectivity index is 1.95. The van der Waals surface area contributed by atoms with Crippen molar-refractivity contribution >= 4 is 77.0 Å². The Kier molecular flexibility index (Phi) is 30.3. The molecule has 11 atom stereocenters. The number of primary amides is 1. The van der Waals surface area contributed by atoms with Crippen LogP contribution >= 0.6 is 0 Å². The van der Waals surface area contributed by atoms with Crippen molar-refractivity contribution in [2.24, 2.45) is 45.7 Å². The summed E-state index contributed by atoms with van der Waals surface area (Å²) in [5, 5.41) is 51.7. The molecule has 3 rings (SSSR count). The van der Waals surface area contributed by atoms with Crippen molar-refractivity contribution in [3.8, 4) is 0 Å². The largest absolute Gasteiger partial charge is 0.481 e. The number of H-pyrrole nitrogens is 1. The molecule has 0 aliphatic heterocycles. The number of carboxylic acid groups (broad SMARTS) is 2. The maximum absolute atomic E-state index is 14.6. The molecular weight excluding hydrogens is 1160 g/mol. The van der Waals surface area contributed by atoms with Crippen LogP contribution in [0.4, 0.5) is 0 Å². The van der Waals surface area contributed by atoms with Crippen LogP contribution in [0.3, 0.4) is 0 Å². The Bertz CT molecular complexity index is 2910. The number of amides is 10. The van der Waals surface area contributed by atoms with Crippen LogP contribution in [0.1, 0.15) is 97.4 Å². The minimum absolute atomic E-state index is 0.0262. The number of nitrogens with one attached hydrogen (secondary N) is 10. The molecule has 89 heavy (non-hydrogen) atoms. The number of guanidine groups is 1. The van der Waals surface area contributed by atoms with Gasteiger partial charge in [0.15, 0.2) is 5.96 Å². The Morgan fingerprint density at radius 1 is 0.506 bits per heavy atom. The summed E-state index contributed by atoms with van der Waals surface area (Å²) in [6, 6.07) is 2.01. The number of nitrogens with zero attached hydrogens (tertiary/aromatic N) is 2. The van der Waals surface area contributed by atoms with Gasteiger partial charge in [0, 0.05) is 37.7 Å². The van der Waals surface area contributed by atoms with Crippen molar-refractivity contribution in [1.29, 1.82) is 0 Å². The lowest BCUT2D eigenvalue weighted by atomic mass is 9.98. The standard InChI is InChI=1S/C58H86N16O15/c1-29(2)21-38(50(82)66-36(19-14-20-64-58(61)62)49(81)67-37(48(60)80)22-33-15-10-8-11-16-33)68-51(83)39(23-34-17-12-9-13-18-34)71-56(88)46(30(3)4)73-53(85)40(24-35-27-63-28-65-35)69-52(84)41(25-43(76)77)72-57(89)47(31(5)6)74-54(86)42(26-44(78)79)70-55(87)45(59)32(7)75/h8-13,15-18,27-32,36-42,45-47,75H,14,19-26,59H2,1-7H3,(H2,60,80)(H,63,65)(H,66,82)(H,67,81)(H,68,83)(H,69,84)(H,70,87)(H,71,88)(H,72,89)(H,73,85)(H,74,86)(H,76,77)(H,78,79)(H4,61,62,64)/t32-,36+,37+,38+,39+,40+,41+,42+,45+,46+,47+/m1/s1. The Morgan fingerprint density at radius 3 is 1.35 bits per heavy atom. The minimum Gasteiger partial charge on any atom is -0.481 e. The summed E-state index contributed by atoms with van der Waals surface area (Å²) >= 11 is 0. The summed E-state index contributed by atoms with van der Waals surface area (Å²) in [6.07, 6.45) is -1.14. The Labute approximate surface area is 514 Å². The molecule has 488 valence electrons. The number of aromatic amines is 1. The van der Waals surface area contributed by atoms with Gasteiger partial charge in [0.1, 0.15) is 60.4 Å². The first-order valence-electron chi connectivity index (χ1n) is 28.9. The van der Waals surface area contributed by atoms with Gasteiger partial charge < -0.3 is 91.1 Å². The fourth-order valence-corrected chi connectivity index (χ4v) is 8.88. The van der Waals surface area contributed by atoms with Crippen LogP contribution in [0.5, 0.6) is 0 Å². The number of carbonyl (C=O) groups is 12. The second-order valence-corrected chi connectivity index (χ2v) is 22.5. The highest BCUT2D eigenvalue weighted by atomic mass is 16.4. The molecule has 10 amide bonds. The third-order valence-electron chi connectivity index (χ3n) is 13.7. The fraction of sp³-hybridized carbons (Fsp3) is 0.517. The van der Waals surface area contributed by atoms with Crippen LogP contribution < -0.4 is 70.8 Å². The number of carbonyl (C=O) groups excluding carboxylic acids is 10. The van der Waals surface area contributed by atoms with E-state index in [0.29, 0.717) is 11.1 Å². The van der Waals surface area contributed by atoms with Gasteiger partial charge in [0.2, 0.25) is 59.1 Å². The van der Waals surface area contributed by atoms with E-state index in [1.807, 2.05) is 0 Å². The predicted molar refractivity (Wildman–Crippen MR) is 322 cm³/mol. The summed E-state index contributed by atoms with van der Waals surface area (Å²) < 4.78 is 0. The van der Waals surface area contributed by atoms with Crippen molar-refractivity contribution in [3.63, 3.8) is 0 Å². The second-order valence-electron chi connectivity index (χ2n) is 22.5. The molecule has 31 heteroatoms. The highest BCUT2D eigenvalue weighted by Gasteiger charge is 2.38. The SMILES string of the molecule is CC(C)C[C@H](NC(=O)[C@H](Cc1ccccc1)NC(=O)[C@@H](NC(=O)[C@H](Cc1cnc[nH]1)NC(=O)[C@H](CC(=O)O)NC(=O)[C@@H](NC(=O)[C@H](CC(=O)O)NC(=O)[C@@H](N)[C@@H](C)O)C(C)C)C(C)C)C(=O)N[C@@H](CCCN=C(N)N)C(=O)N[C@@H](Cc1ccccc1)C(N)=O. The van der Waals surface area contributed by atoms with Crippen molar-refractivity contribution in [1.82, 2.24) is 57.8 Å². The lowest BCUT2D eigenvalue weighted by Crippen LogP contribution is -2.62. The number of aliphatic carboxylic acids is 2. The lowest BCUT2D eigenvalue weighted by Gasteiger charge is -2.29. The number of aliphatic hydroxyl groups excluding tert-OH is 1. The first-order valence-corrected chi connectivity index (χ1v) is 28.9. The normalized spacial score (nSPS) is 14.9. The van der Waals surface area contributed by atoms with Crippen molar-refractivity contribution in [3.05, 3.63) is 90.0 Å². The number of aliphatic hydroxyl groups is 1. The maximum atomic E-state index is 14.6. The number of aliphatic imine (C=N–C) groups is 1. The molecule has 0 bridgehead atoms. The first kappa shape index (κ1) is 73.7. The van der Waals surface area contributed by atoms with E-state index in [1.54, 1.807) is 88.4 Å². The Hall–Kier alpha value is -9.52. The van der Waals surface area contributed by atoms with Gasteiger partial charge in [-0.1, -0.05) is 102 Å². The molecule has 1 heterocycles. The average molecular weight is 1250 g/mol. The monoisotopic (exact) mass is 1250 g/mol. The van der Waals surface area contributed by atoms with Crippen LogP contribution in [-0.2, 0) is 76.8 Å². The molecule has 31 nitrogen and oxygen atoms in total. The van der Waals surface area contributed by atoms with E-state index in [0.717, 1.165) is 0 Å². The molecule has 21 N–H and O–H groups in total. The van der Waals surface area contributed by atoms with Gasteiger partial charge >= 0.3 is 11.9 Å². The van der Waals surface area contributed by atoms with Gasteiger partial charge in [-0.15, -0.1) is 0 Å². The van der Waals surface area contributed by atoms with Gasteiger partial charge in [-0.05, 0) is 55.1 Å². The van der Waals surface area contributed by atoms with Crippen molar-refractivity contribution in [2.45, 2.75) is 166 Å². The molecule has 0 fully saturated rings. The highest BCUT2D eigenvalue weighted by molar-refractivity contribution is 6.00. The Morgan fingerprint density at radius 2 is 0.899 bits per heavy atom. The number of hydrogen-bond acceptors (Lipinski definition) is 16. The third-order valence-corrected chi connectivity index (χ3v) is 13.7. The number of imidazole rings is 1. The van der Waals surface area contributed by atoms with Crippen LogP contribution in [0.15, 0.2) is 78.2 Å². The molecule has 0 aliphatic carbocycles. The number of nitrogens with two attached hydrogens (primary N) is 4. The third kappa shape index (κ3) is 26.2. The quantitative estimate of drug-likeness (QED) is 0.0149. The average Bonchev–Trinajstić information content (AvgIpc) is 4.24. The lowest BCUT2D eigenvalue weighted by molar-refractivity contribution is -0.142. The molecule has 3 aromatic rings. The summed E-state index contributed by atoms with van der Waals surface area (Å²) in [5.74, 6) is -14.9. The zero-order valence-electron chi connectivity index (χ0n) is 50.8. The van der Waals surface area contributed by atoms with Gasteiger partial charge in [-0.2, -0.15) is 0 Å². The minimum atomic E-state index is -1.95. The number of hydrogen-bond donors (Lipinski definition) is 17. The van der Waals surface area contributed by atoms with Gasteiger partial charge in [-0.3, -0.25) is 62.5 Å². The van der Waals surface area contributed by atoms with E-state index in [2.05, 4.69) is 62.8 Å². The molecule has 0 saturated carbocycles. The highest BCUT2D eigenvalue weighted by Crippen LogP contribution is 2.14. The van der Waals surface area contributed by atoms with E-state index in [-0.39, 0.29) is 62.6 Å². The summed E-state index contributed by atoms with van der Waals surface area (Å²) in [5.41, 5.74) is 23.9. The van der Waals surface area contributed by atoms with E-state index in [1.165, 1.54) is 33.3 Å². The molecule has 2 aromatic carbocycles. The van der Waals surface area contributed by atoms with Crippen LogP contribution in [0.25, 0.3) is 0 Å². The zero-order chi connectivity index (χ0) is 66.7.